The number of aromatic nitrogens is 1. The molecule has 0 N–H and O–H groups in total. The molecule has 4 heteroatoms. The Labute approximate surface area is 139 Å². The highest BCUT2D eigenvalue weighted by atomic mass is 32.1. The van der Waals surface area contributed by atoms with Crippen LogP contribution in [-0.2, 0) is 17.8 Å². The Morgan fingerprint density at radius 2 is 1.91 bits per heavy atom. The molecular weight excluding hydrogens is 304 g/mol. The molecule has 3 aromatic rings. The molecule has 3 nitrogen and oxygen atoms in total. The predicted octanol–water partition coefficient (Wildman–Crippen LogP) is 4.01. The highest BCUT2D eigenvalue weighted by Crippen LogP contribution is 2.23. The molecule has 0 fully saturated rings. The van der Waals surface area contributed by atoms with Gasteiger partial charge in [-0.1, -0.05) is 47.7 Å². The number of carbonyl (C=O) groups is 1. The number of hydrogen-bond acceptors (Lipinski definition) is 2. The molecule has 0 bridgehead atoms. The molecule has 0 aliphatic heterocycles. The third-order valence-electron chi connectivity index (χ3n) is 3.85. The van der Waals surface area contributed by atoms with Crippen LogP contribution in [0.2, 0.25) is 0 Å². The molecule has 1 aromatic heterocycles. The molecule has 0 aliphatic rings. The Morgan fingerprint density at radius 1 is 1.17 bits per heavy atom. The van der Waals surface area contributed by atoms with Gasteiger partial charge in [0.1, 0.15) is 0 Å². The van der Waals surface area contributed by atoms with Crippen LogP contribution in [0.25, 0.3) is 10.2 Å². The van der Waals surface area contributed by atoms with Crippen LogP contribution >= 0.6 is 11.3 Å². The van der Waals surface area contributed by atoms with Gasteiger partial charge in [0, 0.05) is 6.54 Å². The van der Waals surface area contributed by atoms with Crippen LogP contribution < -0.4 is 4.80 Å². The number of rotatable bonds is 3. The van der Waals surface area contributed by atoms with Crippen molar-refractivity contribution in [1.82, 2.24) is 4.57 Å². The minimum Gasteiger partial charge on any atom is -0.317 e. The molecule has 1 heterocycles. The van der Waals surface area contributed by atoms with Gasteiger partial charge in [-0.25, -0.2) is 0 Å². The zero-order chi connectivity index (χ0) is 16.4. The van der Waals surface area contributed by atoms with Crippen LogP contribution in [0, 0.1) is 13.8 Å². The van der Waals surface area contributed by atoms with Crippen LogP contribution in [-0.4, -0.2) is 10.5 Å². The molecule has 0 saturated heterocycles. The van der Waals surface area contributed by atoms with Crippen LogP contribution in [0.5, 0.6) is 0 Å². The first-order valence-electron chi connectivity index (χ1n) is 7.80. The summed E-state index contributed by atoms with van der Waals surface area (Å²) in [5.74, 6) is -0.0978. The third kappa shape index (κ3) is 3.27. The average Bonchev–Trinajstić information content (AvgIpc) is 2.85. The summed E-state index contributed by atoms with van der Waals surface area (Å²) in [6.45, 7) is 7.10. The summed E-state index contributed by atoms with van der Waals surface area (Å²) in [6.07, 6.45) is 0.344. The SMILES string of the molecule is CCn1c(=NC(=O)Cc2ccccc2)sc2c(C)cc(C)cc21. The molecule has 0 unspecified atom stereocenters. The number of carbonyl (C=O) groups excluding carboxylic acids is 1. The maximum atomic E-state index is 12.3. The van der Waals surface area contributed by atoms with E-state index in [-0.39, 0.29) is 5.91 Å². The standard InChI is InChI=1S/C19H20N2OS/c1-4-21-16-11-13(2)10-14(3)18(16)23-19(21)20-17(22)12-15-8-6-5-7-9-15/h5-11H,4,12H2,1-3H3. The van der Waals surface area contributed by atoms with E-state index in [1.165, 1.54) is 21.3 Å². The largest absolute Gasteiger partial charge is 0.317 e. The first-order chi connectivity index (χ1) is 11.1. The molecule has 0 spiro atoms. The van der Waals surface area contributed by atoms with E-state index in [1.807, 2.05) is 30.3 Å². The average molecular weight is 324 g/mol. The van der Waals surface area contributed by atoms with Crippen molar-refractivity contribution in [3.8, 4) is 0 Å². The first kappa shape index (κ1) is 15.7. The summed E-state index contributed by atoms with van der Waals surface area (Å²) in [6, 6.07) is 14.1. The second kappa shape index (κ2) is 6.50. The number of benzene rings is 2. The fraction of sp³-hybridized carbons (Fsp3) is 0.263. The van der Waals surface area contributed by atoms with E-state index >= 15 is 0 Å². The maximum absolute atomic E-state index is 12.3. The normalized spacial score (nSPS) is 12.0. The Kier molecular flexibility index (Phi) is 4.44. The fourth-order valence-corrected chi connectivity index (χ4v) is 3.98. The van der Waals surface area contributed by atoms with Crippen molar-refractivity contribution in [1.29, 1.82) is 0 Å². The number of nitrogens with zero attached hydrogens (tertiary/aromatic N) is 2. The van der Waals surface area contributed by atoms with Crippen LogP contribution in [0.1, 0.15) is 23.6 Å². The van der Waals surface area contributed by atoms with Crippen LogP contribution in [0.15, 0.2) is 47.5 Å². The van der Waals surface area contributed by atoms with E-state index in [0.29, 0.717) is 6.42 Å². The Balaban J connectivity index is 2.05. The molecule has 0 atom stereocenters. The molecule has 1 amide bonds. The van der Waals surface area contributed by atoms with Crippen molar-refractivity contribution < 1.29 is 4.79 Å². The second-order valence-corrected chi connectivity index (χ2v) is 6.70. The smallest absolute Gasteiger partial charge is 0.252 e. The highest BCUT2D eigenvalue weighted by molar-refractivity contribution is 7.16. The first-order valence-corrected chi connectivity index (χ1v) is 8.62. The van der Waals surface area contributed by atoms with Gasteiger partial charge in [-0.2, -0.15) is 4.99 Å². The zero-order valence-electron chi connectivity index (χ0n) is 13.7. The molecule has 0 saturated carbocycles. The Morgan fingerprint density at radius 3 is 2.61 bits per heavy atom. The topological polar surface area (TPSA) is 34.4 Å². The zero-order valence-corrected chi connectivity index (χ0v) is 14.5. The van der Waals surface area contributed by atoms with Gasteiger partial charge >= 0.3 is 0 Å². The van der Waals surface area contributed by atoms with Gasteiger partial charge in [0.15, 0.2) is 4.80 Å². The minimum atomic E-state index is -0.0978. The number of thiazole rings is 1. The molecule has 3 rings (SSSR count). The molecule has 2 aromatic carbocycles. The van der Waals surface area contributed by atoms with Gasteiger partial charge < -0.3 is 4.57 Å². The molecule has 0 aliphatic carbocycles. The lowest BCUT2D eigenvalue weighted by Crippen LogP contribution is -2.16. The van der Waals surface area contributed by atoms with E-state index in [1.54, 1.807) is 11.3 Å². The maximum Gasteiger partial charge on any atom is 0.252 e. The van der Waals surface area contributed by atoms with E-state index in [2.05, 4.69) is 42.5 Å². The Hall–Kier alpha value is -2.20. The van der Waals surface area contributed by atoms with Crippen molar-refractivity contribution in [3.05, 3.63) is 64.0 Å². The summed E-state index contributed by atoms with van der Waals surface area (Å²) in [5.41, 5.74) is 4.64. The van der Waals surface area contributed by atoms with Crippen molar-refractivity contribution >= 4 is 27.5 Å². The summed E-state index contributed by atoms with van der Waals surface area (Å²) in [4.78, 5) is 17.5. The third-order valence-corrected chi connectivity index (χ3v) is 5.08. The van der Waals surface area contributed by atoms with Crippen molar-refractivity contribution in [2.45, 2.75) is 33.7 Å². The van der Waals surface area contributed by atoms with Crippen molar-refractivity contribution in [2.75, 3.05) is 0 Å². The molecule has 0 radical (unpaired) electrons. The molecule has 23 heavy (non-hydrogen) atoms. The molecular formula is C19H20N2OS. The number of amides is 1. The summed E-state index contributed by atoms with van der Waals surface area (Å²) in [7, 11) is 0. The second-order valence-electron chi connectivity index (χ2n) is 5.73. The minimum absolute atomic E-state index is 0.0978. The van der Waals surface area contributed by atoms with Gasteiger partial charge in [0.25, 0.3) is 5.91 Å². The number of hydrogen-bond donors (Lipinski definition) is 0. The highest BCUT2D eigenvalue weighted by Gasteiger charge is 2.09. The van der Waals surface area contributed by atoms with Crippen molar-refractivity contribution in [2.24, 2.45) is 4.99 Å². The van der Waals surface area contributed by atoms with Crippen LogP contribution in [0.3, 0.4) is 0 Å². The van der Waals surface area contributed by atoms with Gasteiger partial charge in [-0.15, -0.1) is 0 Å². The fourth-order valence-electron chi connectivity index (χ4n) is 2.82. The molecule has 118 valence electrons. The van der Waals surface area contributed by atoms with E-state index < -0.39 is 0 Å². The van der Waals surface area contributed by atoms with Gasteiger partial charge in [0.05, 0.1) is 16.6 Å². The number of aryl methyl sites for hydroxylation is 3. The van der Waals surface area contributed by atoms with Crippen LogP contribution in [0.4, 0.5) is 0 Å². The summed E-state index contributed by atoms with van der Waals surface area (Å²) < 4.78 is 3.34. The Bertz CT molecular complexity index is 920. The summed E-state index contributed by atoms with van der Waals surface area (Å²) >= 11 is 1.60. The van der Waals surface area contributed by atoms with Gasteiger partial charge in [-0.3, -0.25) is 4.79 Å². The van der Waals surface area contributed by atoms with Gasteiger partial charge in [0.2, 0.25) is 0 Å². The lowest BCUT2D eigenvalue weighted by Gasteiger charge is -2.03. The lowest BCUT2D eigenvalue weighted by atomic mass is 10.1. The summed E-state index contributed by atoms with van der Waals surface area (Å²) in [5, 5.41) is 0. The van der Waals surface area contributed by atoms with Crippen molar-refractivity contribution in [3.63, 3.8) is 0 Å². The van der Waals surface area contributed by atoms with Gasteiger partial charge in [-0.05, 0) is 43.5 Å². The van der Waals surface area contributed by atoms with E-state index in [0.717, 1.165) is 16.9 Å². The van der Waals surface area contributed by atoms with E-state index in [4.69, 9.17) is 0 Å². The monoisotopic (exact) mass is 324 g/mol. The predicted molar refractivity (Wildman–Crippen MR) is 95.7 cm³/mol. The lowest BCUT2D eigenvalue weighted by molar-refractivity contribution is -0.117. The number of fused-ring (bicyclic) bond motifs is 1. The van der Waals surface area contributed by atoms with E-state index in [9.17, 15) is 4.79 Å². The quantitative estimate of drug-likeness (QED) is 0.717.